The minimum atomic E-state index is 0.203. The second-order valence-electron chi connectivity index (χ2n) is 9.36. The van der Waals surface area contributed by atoms with Crippen molar-refractivity contribution in [1.29, 1.82) is 0 Å². The van der Waals surface area contributed by atoms with Crippen LogP contribution in [-0.4, -0.2) is 61.6 Å². The molecule has 0 atom stereocenters. The summed E-state index contributed by atoms with van der Waals surface area (Å²) in [6, 6.07) is 15.6. The van der Waals surface area contributed by atoms with Crippen LogP contribution in [0.15, 0.2) is 54.1 Å². The molecule has 4 heteroatoms. The number of hydrogen-bond acceptors (Lipinski definition) is 3. The Kier molecular flexibility index (Phi) is 10.7. The summed E-state index contributed by atoms with van der Waals surface area (Å²) in [5.41, 5.74) is 2.36. The summed E-state index contributed by atoms with van der Waals surface area (Å²) in [5.74, 6) is 0.889. The molecule has 2 aliphatic rings. The van der Waals surface area contributed by atoms with Gasteiger partial charge in [-0.05, 0) is 80.8 Å². The molecule has 2 aromatic carbocycles. The van der Waals surface area contributed by atoms with Crippen LogP contribution in [0.4, 0.5) is 0 Å². The zero-order valence-corrected chi connectivity index (χ0v) is 20.8. The summed E-state index contributed by atoms with van der Waals surface area (Å²) in [6.45, 7) is 8.75. The van der Waals surface area contributed by atoms with Crippen molar-refractivity contribution in [2.45, 2.75) is 51.4 Å². The lowest BCUT2D eigenvalue weighted by molar-refractivity contribution is -0.126. The summed E-state index contributed by atoms with van der Waals surface area (Å²) in [4.78, 5) is 16.8. The molecule has 4 nitrogen and oxygen atoms in total. The van der Waals surface area contributed by atoms with E-state index >= 15 is 0 Å². The number of likely N-dealkylation sites (tertiary alicyclic amines) is 2. The van der Waals surface area contributed by atoms with Crippen LogP contribution in [0.5, 0.6) is 0 Å². The first-order chi connectivity index (χ1) is 16.7. The van der Waals surface area contributed by atoms with Gasteiger partial charge in [0.2, 0.25) is 5.91 Å². The predicted molar refractivity (Wildman–Crippen MR) is 142 cm³/mol. The highest BCUT2D eigenvalue weighted by Crippen LogP contribution is 2.30. The average molecular weight is 461 g/mol. The van der Waals surface area contributed by atoms with E-state index in [0.717, 1.165) is 57.5 Å². The van der Waals surface area contributed by atoms with Crippen LogP contribution in [-0.2, 0) is 9.53 Å². The molecule has 1 amide bonds. The van der Waals surface area contributed by atoms with E-state index in [1.165, 1.54) is 42.3 Å². The Balaban J connectivity index is 0.00000158. The Morgan fingerprint density at radius 3 is 2.44 bits per heavy atom. The summed E-state index contributed by atoms with van der Waals surface area (Å²) in [5, 5.41) is 2.69. The first kappa shape index (κ1) is 26.0. The lowest BCUT2D eigenvalue weighted by atomic mass is 9.88. The third-order valence-electron chi connectivity index (χ3n) is 7.04. The van der Waals surface area contributed by atoms with Crippen molar-refractivity contribution in [3.63, 3.8) is 0 Å². The molecule has 0 bridgehead atoms. The minimum Gasteiger partial charge on any atom is -0.381 e. The molecule has 0 aliphatic carbocycles. The largest absolute Gasteiger partial charge is 0.381 e. The Morgan fingerprint density at radius 2 is 1.71 bits per heavy atom. The fourth-order valence-corrected chi connectivity index (χ4v) is 5.06. The molecule has 34 heavy (non-hydrogen) atoms. The number of carbonyl (C=O) groups excluding carboxylic acids is 1. The monoisotopic (exact) mass is 460 g/mol. The highest BCUT2D eigenvalue weighted by atomic mass is 16.5. The number of benzene rings is 2. The Labute approximate surface area is 206 Å². The highest BCUT2D eigenvalue weighted by molar-refractivity contribution is 5.92. The van der Waals surface area contributed by atoms with Gasteiger partial charge in [0, 0.05) is 31.8 Å². The smallest absolute Gasteiger partial charge is 0.249 e. The molecule has 2 saturated heterocycles. The fourth-order valence-electron chi connectivity index (χ4n) is 5.06. The number of rotatable bonds is 9. The molecule has 0 aromatic heterocycles. The topological polar surface area (TPSA) is 32.8 Å². The van der Waals surface area contributed by atoms with Crippen molar-refractivity contribution in [2.75, 3.05) is 45.9 Å². The van der Waals surface area contributed by atoms with Crippen molar-refractivity contribution in [3.8, 4) is 12.8 Å². The van der Waals surface area contributed by atoms with E-state index in [9.17, 15) is 4.79 Å². The number of piperidine rings is 1. The minimum absolute atomic E-state index is 0.203. The van der Waals surface area contributed by atoms with Gasteiger partial charge in [-0.2, -0.15) is 0 Å². The van der Waals surface area contributed by atoms with Crippen LogP contribution < -0.4 is 0 Å². The number of carbonyl (C=O) groups is 1. The number of fused-ring (bicyclic) bond motifs is 1. The second-order valence-corrected chi connectivity index (χ2v) is 9.36. The molecule has 2 heterocycles. The van der Waals surface area contributed by atoms with Crippen molar-refractivity contribution in [2.24, 2.45) is 0 Å². The Hall–Kier alpha value is -2.61. The number of nitrogens with zero attached hydrogens (tertiary/aromatic N) is 2. The summed E-state index contributed by atoms with van der Waals surface area (Å²) in [7, 11) is 0. The van der Waals surface area contributed by atoms with Gasteiger partial charge in [0.25, 0.3) is 0 Å². The predicted octanol–water partition coefficient (Wildman–Crippen LogP) is 5.63. The zero-order valence-electron chi connectivity index (χ0n) is 20.8. The maximum atomic E-state index is 12.3. The van der Waals surface area contributed by atoms with Gasteiger partial charge in [-0.25, -0.2) is 0 Å². The maximum absolute atomic E-state index is 12.3. The molecule has 0 spiro atoms. The van der Waals surface area contributed by atoms with Gasteiger partial charge in [0.05, 0.1) is 6.61 Å². The molecule has 182 valence electrons. The maximum Gasteiger partial charge on any atom is 0.249 e. The third-order valence-corrected chi connectivity index (χ3v) is 7.04. The van der Waals surface area contributed by atoms with Crippen LogP contribution in [0.2, 0.25) is 0 Å². The van der Waals surface area contributed by atoms with Gasteiger partial charge in [0.15, 0.2) is 0 Å². The van der Waals surface area contributed by atoms with E-state index in [1.807, 2.05) is 17.9 Å². The van der Waals surface area contributed by atoms with Gasteiger partial charge < -0.3 is 14.5 Å². The lowest BCUT2D eigenvalue weighted by Gasteiger charge is -2.32. The Bertz CT molecular complexity index is 950. The standard InChI is InChI=1S/C28H38N2O2.C2H2/c1-23(28(31)30-16-4-5-17-30)8-6-20-32-21-7-15-29-18-13-25(14-19-29)27-12-11-24-9-2-3-10-26(24)22-27;1-2/h2-3,8-12,22,25H,4-7,13-21H2,1H3;1-2H/b23-8+;. The van der Waals surface area contributed by atoms with E-state index in [0.29, 0.717) is 12.5 Å². The molecule has 0 N–H and O–H groups in total. The van der Waals surface area contributed by atoms with Crippen LogP contribution in [0.25, 0.3) is 10.8 Å². The van der Waals surface area contributed by atoms with Crippen LogP contribution in [0.1, 0.15) is 56.9 Å². The van der Waals surface area contributed by atoms with Gasteiger partial charge in [-0.15, -0.1) is 12.8 Å². The number of terminal acetylenes is 1. The van der Waals surface area contributed by atoms with Gasteiger partial charge in [0.1, 0.15) is 0 Å². The van der Waals surface area contributed by atoms with Gasteiger partial charge >= 0.3 is 0 Å². The molecule has 0 unspecified atom stereocenters. The summed E-state index contributed by atoms with van der Waals surface area (Å²) < 4.78 is 5.82. The molecular formula is C30H40N2O2. The van der Waals surface area contributed by atoms with E-state index in [-0.39, 0.29) is 5.91 Å². The number of amides is 1. The SMILES string of the molecule is C#C.C/C(=C\CCOCCCN1CCC(c2ccc3ccccc3c2)CC1)C(=O)N1CCCC1. The summed E-state index contributed by atoms with van der Waals surface area (Å²) in [6.07, 6.45) is 16.7. The third kappa shape index (κ3) is 7.45. The first-order valence-electron chi connectivity index (χ1n) is 12.8. The van der Waals surface area contributed by atoms with Crippen molar-refractivity contribution in [3.05, 3.63) is 59.7 Å². The van der Waals surface area contributed by atoms with E-state index in [1.54, 1.807) is 0 Å². The van der Waals surface area contributed by atoms with Crippen molar-refractivity contribution in [1.82, 2.24) is 9.80 Å². The highest BCUT2D eigenvalue weighted by Gasteiger charge is 2.20. The fraction of sp³-hybridized carbons (Fsp3) is 0.500. The first-order valence-corrected chi connectivity index (χ1v) is 12.8. The number of hydrogen-bond donors (Lipinski definition) is 0. The second kappa shape index (κ2) is 13.9. The molecule has 4 rings (SSSR count). The van der Waals surface area contributed by atoms with E-state index in [2.05, 4.69) is 60.2 Å². The van der Waals surface area contributed by atoms with E-state index in [4.69, 9.17) is 4.74 Å². The summed E-state index contributed by atoms with van der Waals surface area (Å²) >= 11 is 0. The van der Waals surface area contributed by atoms with Gasteiger partial charge in [-0.1, -0.05) is 48.5 Å². The van der Waals surface area contributed by atoms with Crippen molar-refractivity contribution >= 4 is 16.7 Å². The molecule has 2 aromatic rings. The molecule has 0 saturated carbocycles. The van der Waals surface area contributed by atoms with Crippen molar-refractivity contribution < 1.29 is 9.53 Å². The Morgan fingerprint density at radius 1 is 1.00 bits per heavy atom. The molecule has 0 radical (unpaired) electrons. The molecule has 2 aliphatic heterocycles. The zero-order chi connectivity index (χ0) is 24.2. The normalized spacial score (nSPS) is 17.5. The quantitative estimate of drug-likeness (QED) is 0.276. The molecular weight excluding hydrogens is 420 g/mol. The van der Waals surface area contributed by atoms with Crippen LogP contribution >= 0.6 is 0 Å². The lowest BCUT2D eigenvalue weighted by Crippen LogP contribution is -2.34. The van der Waals surface area contributed by atoms with Crippen LogP contribution in [0, 0.1) is 12.8 Å². The number of ether oxygens (including phenoxy) is 1. The van der Waals surface area contributed by atoms with Gasteiger partial charge in [-0.3, -0.25) is 4.79 Å². The molecule has 2 fully saturated rings. The van der Waals surface area contributed by atoms with Crippen LogP contribution in [0.3, 0.4) is 0 Å². The average Bonchev–Trinajstić information content (AvgIpc) is 3.44. The van der Waals surface area contributed by atoms with E-state index < -0.39 is 0 Å².